The largest absolute Gasteiger partial charge is 0.309 e. The highest BCUT2D eigenvalue weighted by molar-refractivity contribution is 5.34. The van der Waals surface area contributed by atoms with Crippen molar-refractivity contribution in [3.63, 3.8) is 0 Å². The van der Waals surface area contributed by atoms with Gasteiger partial charge in [0.2, 0.25) is 0 Å². The third-order valence-corrected chi connectivity index (χ3v) is 6.03. The van der Waals surface area contributed by atoms with E-state index in [-0.39, 0.29) is 0 Å². The van der Waals surface area contributed by atoms with Gasteiger partial charge in [-0.3, -0.25) is 0 Å². The molecule has 1 nitrogen and oxygen atoms in total. The summed E-state index contributed by atoms with van der Waals surface area (Å²) in [7, 11) is 0. The highest BCUT2D eigenvalue weighted by atomic mass is 15.0. The molecule has 110 valence electrons. The first kappa shape index (κ1) is 14.1. The predicted molar refractivity (Wildman–Crippen MR) is 85.9 cm³/mol. The van der Waals surface area contributed by atoms with Crippen LogP contribution >= 0.6 is 0 Å². The van der Waals surface area contributed by atoms with Crippen molar-refractivity contribution in [3.8, 4) is 0 Å². The summed E-state index contributed by atoms with van der Waals surface area (Å²) in [4.78, 5) is 0. The standard InChI is InChI=1S/C19H29N/c1-4-19(11-7-12-19)14-20-17-16-9-6-5-8-15(16)10-13-18(17,2)3/h5-6,8-9,17,20H,4,7,10-14H2,1-3H3. The van der Waals surface area contributed by atoms with Crippen LogP contribution in [-0.4, -0.2) is 6.54 Å². The Morgan fingerprint density at radius 3 is 2.55 bits per heavy atom. The third kappa shape index (κ3) is 2.41. The number of aryl methyl sites for hydroxylation is 1. The fourth-order valence-corrected chi connectivity index (χ4v) is 4.10. The van der Waals surface area contributed by atoms with Crippen LogP contribution in [0.15, 0.2) is 24.3 Å². The van der Waals surface area contributed by atoms with Gasteiger partial charge in [0.15, 0.2) is 0 Å². The van der Waals surface area contributed by atoms with Gasteiger partial charge in [0.1, 0.15) is 0 Å². The monoisotopic (exact) mass is 271 g/mol. The first-order valence-corrected chi connectivity index (χ1v) is 8.38. The van der Waals surface area contributed by atoms with Crippen molar-refractivity contribution in [1.29, 1.82) is 0 Å². The quantitative estimate of drug-likeness (QED) is 0.823. The van der Waals surface area contributed by atoms with Crippen LogP contribution in [0.25, 0.3) is 0 Å². The molecule has 0 heterocycles. The number of nitrogens with one attached hydrogen (secondary N) is 1. The van der Waals surface area contributed by atoms with Crippen LogP contribution < -0.4 is 5.32 Å². The molecule has 1 saturated carbocycles. The van der Waals surface area contributed by atoms with E-state index in [1.54, 1.807) is 11.1 Å². The van der Waals surface area contributed by atoms with Crippen molar-refractivity contribution < 1.29 is 0 Å². The average molecular weight is 271 g/mol. The first-order chi connectivity index (χ1) is 9.56. The van der Waals surface area contributed by atoms with Crippen LogP contribution in [-0.2, 0) is 6.42 Å². The second-order valence-electron chi connectivity index (χ2n) is 7.71. The van der Waals surface area contributed by atoms with Gasteiger partial charge >= 0.3 is 0 Å². The van der Waals surface area contributed by atoms with E-state index >= 15 is 0 Å². The summed E-state index contributed by atoms with van der Waals surface area (Å²) in [6.45, 7) is 8.42. The Morgan fingerprint density at radius 2 is 1.90 bits per heavy atom. The maximum atomic E-state index is 3.96. The lowest BCUT2D eigenvalue weighted by Crippen LogP contribution is -2.45. The van der Waals surface area contributed by atoms with Crippen molar-refractivity contribution in [2.75, 3.05) is 6.54 Å². The summed E-state index contributed by atoms with van der Waals surface area (Å²) in [5.41, 5.74) is 4.08. The topological polar surface area (TPSA) is 12.0 Å². The van der Waals surface area contributed by atoms with E-state index in [2.05, 4.69) is 50.4 Å². The summed E-state index contributed by atoms with van der Waals surface area (Å²) in [5.74, 6) is 0. The molecule has 2 aliphatic rings. The van der Waals surface area contributed by atoms with Crippen LogP contribution in [0.1, 0.15) is 70.0 Å². The second-order valence-corrected chi connectivity index (χ2v) is 7.71. The molecule has 3 rings (SSSR count). The molecule has 1 fully saturated rings. The van der Waals surface area contributed by atoms with E-state index in [0.29, 0.717) is 16.9 Å². The Labute approximate surface area is 124 Å². The third-order valence-electron chi connectivity index (χ3n) is 6.03. The molecule has 1 atom stereocenters. The lowest BCUT2D eigenvalue weighted by Gasteiger charge is -2.46. The Morgan fingerprint density at radius 1 is 1.15 bits per heavy atom. The van der Waals surface area contributed by atoms with Crippen LogP contribution in [0.3, 0.4) is 0 Å². The maximum Gasteiger partial charge on any atom is 0.0374 e. The van der Waals surface area contributed by atoms with Crippen LogP contribution in [0.2, 0.25) is 0 Å². The average Bonchev–Trinajstić information content (AvgIpc) is 2.40. The first-order valence-electron chi connectivity index (χ1n) is 8.38. The molecular formula is C19H29N. The molecule has 1 unspecified atom stereocenters. The molecular weight excluding hydrogens is 242 g/mol. The van der Waals surface area contributed by atoms with Crippen molar-refractivity contribution >= 4 is 0 Å². The molecule has 1 aromatic carbocycles. The summed E-state index contributed by atoms with van der Waals surface area (Å²) in [6.07, 6.45) is 8.13. The van der Waals surface area contributed by atoms with Gasteiger partial charge in [-0.25, -0.2) is 0 Å². The Balaban J connectivity index is 1.79. The van der Waals surface area contributed by atoms with Gasteiger partial charge in [-0.05, 0) is 54.1 Å². The van der Waals surface area contributed by atoms with Gasteiger partial charge in [0, 0.05) is 12.6 Å². The van der Waals surface area contributed by atoms with Crippen LogP contribution in [0.5, 0.6) is 0 Å². The van der Waals surface area contributed by atoms with E-state index in [9.17, 15) is 0 Å². The summed E-state index contributed by atoms with van der Waals surface area (Å²) in [5, 5.41) is 3.96. The zero-order valence-corrected chi connectivity index (χ0v) is 13.3. The molecule has 1 heteroatoms. The summed E-state index contributed by atoms with van der Waals surface area (Å²) >= 11 is 0. The Kier molecular flexibility index (Phi) is 3.66. The molecule has 0 aromatic heterocycles. The van der Waals surface area contributed by atoms with Gasteiger partial charge < -0.3 is 5.32 Å². The van der Waals surface area contributed by atoms with Crippen LogP contribution in [0, 0.1) is 10.8 Å². The molecule has 20 heavy (non-hydrogen) atoms. The normalized spacial score (nSPS) is 26.6. The molecule has 0 bridgehead atoms. The van der Waals surface area contributed by atoms with Crippen LogP contribution in [0.4, 0.5) is 0 Å². The number of benzene rings is 1. The predicted octanol–water partition coefficient (Wildman–Crippen LogP) is 4.87. The number of hydrogen-bond donors (Lipinski definition) is 1. The van der Waals surface area contributed by atoms with E-state index in [0.717, 1.165) is 0 Å². The van der Waals surface area contributed by atoms with Gasteiger partial charge in [-0.1, -0.05) is 51.5 Å². The smallest absolute Gasteiger partial charge is 0.0374 e. The van der Waals surface area contributed by atoms with Crippen molar-refractivity contribution in [2.24, 2.45) is 10.8 Å². The molecule has 1 aromatic rings. The number of rotatable bonds is 4. The van der Waals surface area contributed by atoms with E-state index in [4.69, 9.17) is 0 Å². The molecule has 1 N–H and O–H groups in total. The summed E-state index contributed by atoms with van der Waals surface area (Å²) in [6, 6.07) is 9.57. The Bertz CT molecular complexity index is 465. The summed E-state index contributed by atoms with van der Waals surface area (Å²) < 4.78 is 0. The molecule has 0 spiro atoms. The highest BCUT2D eigenvalue weighted by Gasteiger charge is 2.39. The number of hydrogen-bond acceptors (Lipinski definition) is 1. The lowest BCUT2D eigenvalue weighted by molar-refractivity contribution is 0.0997. The molecule has 0 amide bonds. The van der Waals surface area contributed by atoms with Gasteiger partial charge in [-0.2, -0.15) is 0 Å². The SMILES string of the molecule is CCC1(CNC2c3ccccc3CCC2(C)C)CCC1. The van der Waals surface area contributed by atoms with Crippen molar-refractivity contribution in [3.05, 3.63) is 35.4 Å². The lowest BCUT2D eigenvalue weighted by atomic mass is 9.65. The van der Waals surface area contributed by atoms with Gasteiger partial charge in [-0.15, -0.1) is 0 Å². The van der Waals surface area contributed by atoms with Gasteiger partial charge in [0.05, 0.1) is 0 Å². The van der Waals surface area contributed by atoms with E-state index < -0.39 is 0 Å². The zero-order valence-electron chi connectivity index (χ0n) is 13.3. The van der Waals surface area contributed by atoms with Crippen molar-refractivity contribution in [2.45, 2.75) is 65.3 Å². The maximum absolute atomic E-state index is 3.96. The number of fused-ring (bicyclic) bond motifs is 1. The van der Waals surface area contributed by atoms with E-state index in [1.165, 1.54) is 45.1 Å². The molecule has 0 radical (unpaired) electrons. The van der Waals surface area contributed by atoms with Crippen molar-refractivity contribution in [1.82, 2.24) is 5.32 Å². The minimum Gasteiger partial charge on any atom is -0.309 e. The molecule has 0 aliphatic heterocycles. The fourth-order valence-electron chi connectivity index (χ4n) is 4.10. The molecule has 0 saturated heterocycles. The fraction of sp³-hybridized carbons (Fsp3) is 0.684. The minimum atomic E-state index is 0.368. The minimum absolute atomic E-state index is 0.368. The van der Waals surface area contributed by atoms with E-state index in [1.807, 2.05) is 0 Å². The highest BCUT2D eigenvalue weighted by Crippen LogP contribution is 2.47. The second kappa shape index (κ2) is 5.18. The molecule has 2 aliphatic carbocycles. The zero-order chi connectivity index (χ0) is 14.2. The van der Waals surface area contributed by atoms with Gasteiger partial charge in [0.25, 0.3) is 0 Å². The Hall–Kier alpha value is -0.820.